The lowest BCUT2D eigenvalue weighted by molar-refractivity contribution is -0.143. The summed E-state index contributed by atoms with van der Waals surface area (Å²) in [6.45, 7) is 4.95. The van der Waals surface area contributed by atoms with Crippen molar-refractivity contribution in [3.8, 4) is 0 Å². The number of rotatable bonds is 63. The second-order valence-corrected chi connectivity index (χ2v) is 23.2. The van der Waals surface area contributed by atoms with Crippen LogP contribution in [0.15, 0.2) is 24.3 Å². The molecule has 3 N–H and O–H groups in total. The molecule has 0 aromatic rings. The van der Waals surface area contributed by atoms with E-state index in [-0.39, 0.29) is 18.5 Å². The van der Waals surface area contributed by atoms with Crippen LogP contribution in [0.4, 0.5) is 0 Å². The minimum Gasteiger partial charge on any atom is -0.466 e. The van der Waals surface area contributed by atoms with Gasteiger partial charge in [0.15, 0.2) is 0 Å². The minimum absolute atomic E-state index is 0.00767. The third kappa shape index (κ3) is 59.6. The molecule has 1 amide bonds. The number of aliphatic hydroxyl groups excluding tert-OH is 2. The third-order valence-electron chi connectivity index (χ3n) is 15.8. The quantitative estimate of drug-likeness (QED) is 0.0320. The largest absolute Gasteiger partial charge is 0.466 e. The topological polar surface area (TPSA) is 95.9 Å². The van der Waals surface area contributed by atoms with Gasteiger partial charge in [-0.3, -0.25) is 9.59 Å². The standard InChI is InChI=1S/C68H131NO5/c1-3-5-7-9-11-13-15-17-19-21-24-28-32-36-40-44-48-52-56-60-66(71)65(64-70)69-67(72)61-57-53-49-45-41-37-33-29-26-23-27-31-35-39-43-47-51-55-59-63-74-68(73)62-58-54-50-46-42-38-34-30-25-22-20-18-16-14-12-10-8-6-4-2/h31,35,39,43,65-66,70-71H,3-30,32-34,36-38,40-42,44-64H2,1-2H3,(H,69,72)/b35-31-,43-39-. The van der Waals surface area contributed by atoms with Gasteiger partial charge in [-0.2, -0.15) is 0 Å². The molecule has 0 aliphatic carbocycles. The zero-order chi connectivity index (χ0) is 53.6. The molecule has 2 unspecified atom stereocenters. The normalized spacial score (nSPS) is 12.6. The van der Waals surface area contributed by atoms with Crippen LogP contribution < -0.4 is 5.32 Å². The summed E-state index contributed by atoms with van der Waals surface area (Å²) in [5, 5.41) is 23.4. The Kier molecular flexibility index (Phi) is 62.4. The van der Waals surface area contributed by atoms with Gasteiger partial charge in [0.05, 0.1) is 25.4 Å². The number of allylic oxidation sites excluding steroid dienone is 4. The second-order valence-electron chi connectivity index (χ2n) is 23.2. The van der Waals surface area contributed by atoms with Crippen molar-refractivity contribution in [3.05, 3.63) is 24.3 Å². The molecule has 74 heavy (non-hydrogen) atoms. The fourth-order valence-corrected chi connectivity index (χ4v) is 10.6. The van der Waals surface area contributed by atoms with Crippen LogP contribution in [0.1, 0.15) is 373 Å². The Bertz CT molecular complexity index is 1150. The summed E-state index contributed by atoms with van der Waals surface area (Å²) >= 11 is 0. The Labute approximate surface area is 462 Å². The van der Waals surface area contributed by atoms with E-state index in [0.717, 1.165) is 70.6 Å². The molecular formula is C68H131NO5. The van der Waals surface area contributed by atoms with Crippen LogP contribution in [0.2, 0.25) is 0 Å². The third-order valence-corrected chi connectivity index (χ3v) is 15.8. The number of carbonyl (C=O) groups is 2. The van der Waals surface area contributed by atoms with Crippen LogP contribution in [0, 0.1) is 0 Å². The van der Waals surface area contributed by atoms with E-state index in [4.69, 9.17) is 4.74 Å². The summed E-state index contributed by atoms with van der Waals surface area (Å²) in [6, 6.07) is -0.550. The van der Waals surface area contributed by atoms with Gasteiger partial charge in [-0.15, -0.1) is 0 Å². The molecule has 0 fully saturated rings. The molecule has 6 heteroatoms. The van der Waals surface area contributed by atoms with Crippen molar-refractivity contribution in [1.29, 1.82) is 0 Å². The molecule has 0 saturated carbocycles. The Hall–Kier alpha value is -1.66. The maximum Gasteiger partial charge on any atom is 0.305 e. The van der Waals surface area contributed by atoms with Crippen LogP contribution in [0.3, 0.4) is 0 Å². The number of hydrogen-bond acceptors (Lipinski definition) is 5. The molecule has 0 bridgehead atoms. The van der Waals surface area contributed by atoms with Gasteiger partial charge >= 0.3 is 5.97 Å². The predicted molar refractivity (Wildman–Crippen MR) is 324 cm³/mol. The van der Waals surface area contributed by atoms with E-state index in [1.807, 2.05) is 0 Å². The van der Waals surface area contributed by atoms with Gasteiger partial charge in [0.25, 0.3) is 0 Å². The molecule has 0 aliphatic heterocycles. The number of carbonyl (C=O) groups excluding carboxylic acids is 2. The van der Waals surface area contributed by atoms with Gasteiger partial charge in [-0.1, -0.05) is 327 Å². The molecule has 0 spiro atoms. The molecule has 0 aromatic carbocycles. The summed E-state index contributed by atoms with van der Waals surface area (Å²) in [5.41, 5.74) is 0. The van der Waals surface area contributed by atoms with E-state index >= 15 is 0 Å². The smallest absolute Gasteiger partial charge is 0.305 e. The zero-order valence-corrected chi connectivity index (χ0v) is 50.1. The second kappa shape index (κ2) is 63.9. The Balaban J connectivity index is 3.44. The molecule has 0 saturated heterocycles. The number of esters is 1. The van der Waals surface area contributed by atoms with Crippen molar-refractivity contribution in [3.63, 3.8) is 0 Å². The fraction of sp³-hybridized carbons (Fsp3) is 0.912. The van der Waals surface area contributed by atoms with E-state index < -0.39 is 12.1 Å². The zero-order valence-electron chi connectivity index (χ0n) is 50.1. The van der Waals surface area contributed by atoms with Gasteiger partial charge in [0.2, 0.25) is 5.91 Å². The predicted octanol–water partition coefficient (Wildman–Crippen LogP) is 21.4. The average Bonchev–Trinajstić information content (AvgIpc) is 3.40. The van der Waals surface area contributed by atoms with Crippen molar-refractivity contribution in [2.75, 3.05) is 13.2 Å². The summed E-state index contributed by atoms with van der Waals surface area (Å²) in [4.78, 5) is 24.6. The Morgan fingerprint density at radius 1 is 0.378 bits per heavy atom. The lowest BCUT2D eigenvalue weighted by Crippen LogP contribution is -2.45. The van der Waals surface area contributed by atoms with Gasteiger partial charge in [0, 0.05) is 12.8 Å². The van der Waals surface area contributed by atoms with Crippen LogP contribution >= 0.6 is 0 Å². The van der Waals surface area contributed by atoms with E-state index in [9.17, 15) is 19.8 Å². The minimum atomic E-state index is -0.672. The summed E-state index contributed by atoms with van der Waals surface area (Å²) in [5.74, 6) is -0.0490. The summed E-state index contributed by atoms with van der Waals surface area (Å²) in [6.07, 6.45) is 79.2. The highest BCUT2D eigenvalue weighted by Crippen LogP contribution is 2.19. The van der Waals surface area contributed by atoms with Crippen LogP contribution in [0.25, 0.3) is 0 Å². The van der Waals surface area contributed by atoms with E-state index in [2.05, 4.69) is 43.5 Å². The number of amides is 1. The maximum atomic E-state index is 12.5. The fourth-order valence-electron chi connectivity index (χ4n) is 10.6. The number of aliphatic hydroxyl groups is 2. The highest BCUT2D eigenvalue weighted by atomic mass is 16.5. The average molecular weight is 1040 g/mol. The lowest BCUT2D eigenvalue weighted by Gasteiger charge is -2.22. The summed E-state index contributed by atoms with van der Waals surface area (Å²) < 4.78 is 5.48. The molecule has 2 atom stereocenters. The maximum absolute atomic E-state index is 12.5. The van der Waals surface area contributed by atoms with Crippen molar-refractivity contribution in [1.82, 2.24) is 5.32 Å². The Morgan fingerprint density at radius 3 is 1.00 bits per heavy atom. The van der Waals surface area contributed by atoms with Gasteiger partial charge < -0.3 is 20.3 Å². The van der Waals surface area contributed by atoms with Crippen LogP contribution in [-0.2, 0) is 14.3 Å². The highest BCUT2D eigenvalue weighted by Gasteiger charge is 2.20. The SMILES string of the molecule is CCCCCCCCCCCCCCCCCCCCCC(=O)OCCCCC/C=C\C=C/CCCCCCCCCCCCC(=O)NC(CO)C(O)CCCCCCCCCCCCCCCCCCCCC. The number of unbranched alkanes of at least 4 members (excludes halogenated alkanes) is 49. The molecule has 438 valence electrons. The molecule has 0 rings (SSSR count). The first-order valence-electron chi connectivity index (χ1n) is 33.6. The first-order chi connectivity index (χ1) is 36.5. The molecule has 0 heterocycles. The van der Waals surface area contributed by atoms with Crippen molar-refractivity contribution >= 4 is 11.9 Å². The van der Waals surface area contributed by atoms with E-state index in [1.165, 1.54) is 270 Å². The van der Waals surface area contributed by atoms with Crippen LogP contribution in [-0.4, -0.2) is 47.4 Å². The first-order valence-corrected chi connectivity index (χ1v) is 33.6. The highest BCUT2D eigenvalue weighted by molar-refractivity contribution is 5.76. The molecular weight excluding hydrogens is 911 g/mol. The van der Waals surface area contributed by atoms with Gasteiger partial charge in [-0.05, 0) is 57.8 Å². The lowest BCUT2D eigenvalue weighted by atomic mass is 10.0. The molecule has 0 aromatic heterocycles. The molecule has 0 aliphatic rings. The molecule has 0 radical (unpaired) electrons. The monoisotopic (exact) mass is 1040 g/mol. The number of ether oxygens (including phenoxy) is 1. The number of nitrogens with one attached hydrogen (secondary N) is 1. The van der Waals surface area contributed by atoms with Crippen LogP contribution in [0.5, 0.6) is 0 Å². The van der Waals surface area contributed by atoms with Gasteiger partial charge in [-0.25, -0.2) is 0 Å². The molecule has 6 nitrogen and oxygen atoms in total. The van der Waals surface area contributed by atoms with Crippen molar-refractivity contribution in [2.24, 2.45) is 0 Å². The van der Waals surface area contributed by atoms with Crippen molar-refractivity contribution < 1.29 is 24.5 Å². The number of hydrogen-bond donors (Lipinski definition) is 3. The van der Waals surface area contributed by atoms with Crippen molar-refractivity contribution in [2.45, 2.75) is 386 Å². The van der Waals surface area contributed by atoms with E-state index in [0.29, 0.717) is 25.9 Å². The Morgan fingerprint density at radius 2 is 0.662 bits per heavy atom. The summed E-state index contributed by atoms with van der Waals surface area (Å²) in [7, 11) is 0. The van der Waals surface area contributed by atoms with Gasteiger partial charge in [0.1, 0.15) is 0 Å². The first kappa shape index (κ1) is 72.3. The van der Waals surface area contributed by atoms with E-state index in [1.54, 1.807) is 0 Å².